The van der Waals surface area contributed by atoms with Gasteiger partial charge in [-0.2, -0.15) is 0 Å². The zero-order valence-electron chi connectivity index (χ0n) is 16.6. The number of nitrogens with zero attached hydrogens (tertiary/aromatic N) is 4. The molecule has 1 aromatic carbocycles. The maximum absolute atomic E-state index is 5.83. The van der Waals surface area contributed by atoms with Crippen molar-refractivity contribution in [2.24, 2.45) is 0 Å². The van der Waals surface area contributed by atoms with E-state index >= 15 is 0 Å². The van der Waals surface area contributed by atoms with Crippen LogP contribution in [0.5, 0.6) is 0 Å². The third kappa shape index (κ3) is 4.13. The number of oxazole rings is 2. The van der Waals surface area contributed by atoms with Gasteiger partial charge in [0.15, 0.2) is 11.5 Å². The zero-order chi connectivity index (χ0) is 21.0. The van der Waals surface area contributed by atoms with Crippen LogP contribution in [0.4, 0.5) is 23.4 Å². The van der Waals surface area contributed by atoms with Gasteiger partial charge in [-0.3, -0.25) is 9.97 Å². The standard InChI is InChI=1S/C23H18N6O2/c1-15-4-5-18(28-22-26-14-21(31-22)17-3-2-8-25-12-17)11-19(15)29-23-27-13-20(30-23)16-6-9-24-10-7-16/h2-14H,1H3,(H,26,28)(H,27,29). The smallest absolute Gasteiger partial charge is 0.299 e. The average Bonchev–Trinajstić information content (AvgIpc) is 3.47. The van der Waals surface area contributed by atoms with Crippen LogP contribution in [0.2, 0.25) is 0 Å². The number of hydrogen-bond acceptors (Lipinski definition) is 8. The number of rotatable bonds is 6. The summed E-state index contributed by atoms with van der Waals surface area (Å²) in [7, 11) is 0. The average molecular weight is 410 g/mol. The summed E-state index contributed by atoms with van der Waals surface area (Å²) in [6.07, 6.45) is 10.2. The monoisotopic (exact) mass is 410 g/mol. The lowest BCUT2D eigenvalue weighted by atomic mass is 10.2. The van der Waals surface area contributed by atoms with E-state index in [1.165, 1.54) is 0 Å². The minimum absolute atomic E-state index is 0.393. The summed E-state index contributed by atoms with van der Waals surface area (Å²) in [5.74, 6) is 1.31. The molecule has 0 radical (unpaired) electrons. The first-order valence-corrected chi connectivity index (χ1v) is 9.62. The molecule has 152 valence electrons. The lowest BCUT2D eigenvalue weighted by molar-refractivity contribution is 0.592. The molecule has 0 spiro atoms. The van der Waals surface area contributed by atoms with Crippen molar-refractivity contribution in [3.8, 4) is 22.6 Å². The van der Waals surface area contributed by atoms with Gasteiger partial charge >= 0.3 is 0 Å². The fourth-order valence-electron chi connectivity index (χ4n) is 3.03. The van der Waals surface area contributed by atoms with Crippen LogP contribution in [-0.2, 0) is 0 Å². The number of benzene rings is 1. The van der Waals surface area contributed by atoms with Crippen LogP contribution in [-0.4, -0.2) is 19.9 Å². The molecular formula is C23H18N6O2. The molecule has 0 bridgehead atoms. The topological polar surface area (TPSA) is 102 Å². The van der Waals surface area contributed by atoms with Crippen molar-refractivity contribution >= 4 is 23.4 Å². The Morgan fingerprint density at radius 3 is 2.19 bits per heavy atom. The third-order valence-corrected chi connectivity index (χ3v) is 4.65. The number of aromatic nitrogens is 4. The molecule has 5 rings (SSSR count). The zero-order valence-corrected chi connectivity index (χ0v) is 16.6. The summed E-state index contributed by atoms with van der Waals surface area (Å²) in [6.45, 7) is 2.00. The molecule has 5 aromatic rings. The Bertz CT molecular complexity index is 1300. The van der Waals surface area contributed by atoms with Gasteiger partial charge in [0, 0.05) is 47.3 Å². The quantitative estimate of drug-likeness (QED) is 0.374. The van der Waals surface area contributed by atoms with Crippen LogP contribution in [0.3, 0.4) is 0 Å². The van der Waals surface area contributed by atoms with Crippen molar-refractivity contribution in [2.75, 3.05) is 10.6 Å². The first-order chi connectivity index (χ1) is 15.2. The van der Waals surface area contributed by atoms with Gasteiger partial charge in [-0.05, 0) is 48.9 Å². The van der Waals surface area contributed by atoms with Crippen molar-refractivity contribution in [1.82, 2.24) is 19.9 Å². The summed E-state index contributed by atoms with van der Waals surface area (Å²) in [5, 5.41) is 6.41. The Morgan fingerprint density at radius 1 is 0.710 bits per heavy atom. The number of nitrogens with one attached hydrogen (secondary N) is 2. The number of anilines is 4. The second-order valence-corrected chi connectivity index (χ2v) is 6.82. The van der Waals surface area contributed by atoms with Crippen LogP contribution in [0.1, 0.15) is 5.56 Å². The molecule has 0 saturated heterocycles. The molecule has 8 nitrogen and oxygen atoms in total. The van der Waals surface area contributed by atoms with E-state index in [0.29, 0.717) is 23.5 Å². The Balaban J connectivity index is 1.33. The van der Waals surface area contributed by atoms with E-state index in [1.807, 2.05) is 49.4 Å². The van der Waals surface area contributed by atoms with Gasteiger partial charge in [-0.25, -0.2) is 9.97 Å². The van der Waals surface area contributed by atoms with Crippen LogP contribution < -0.4 is 10.6 Å². The van der Waals surface area contributed by atoms with E-state index in [0.717, 1.165) is 28.1 Å². The highest BCUT2D eigenvalue weighted by Crippen LogP contribution is 2.29. The highest BCUT2D eigenvalue weighted by molar-refractivity contribution is 5.68. The summed E-state index contributed by atoms with van der Waals surface area (Å²) in [6, 6.07) is 14.2. The van der Waals surface area contributed by atoms with Gasteiger partial charge in [0.1, 0.15) is 0 Å². The molecule has 4 aromatic heterocycles. The third-order valence-electron chi connectivity index (χ3n) is 4.65. The van der Waals surface area contributed by atoms with E-state index < -0.39 is 0 Å². The predicted octanol–water partition coefficient (Wildman–Crippen LogP) is 5.58. The molecule has 4 heterocycles. The Hall–Kier alpha value is -4.46. The van der Waals surface area contributed by atoms with E-state index in [-0.39, 0.29) is 0 Å². The first-order valence-electron chi connectivity index (χ1n) is 9.62. The fraction of sp³-hybridized carbons (Fsp3) is 0.0435. The molecule has 0 amide bonds. The lowest BCUT2D eigenvalue weighted by Gasteiger charge is -2.09. The SMILES string of the molecule is Cc1ccc(Nc2ncc(-c3cccnc3)o2)cc1Nc1ncc(-c2ccncc2)o1. The number of hydrogen-bond donors (Lipinski definition) is 2. The fourth-order valence-corrected chi connectivity index (χ4v) is 3.03. The summed E-state index contributed by atoms with van der Waals surface area (Å²) >= 11 is 0. The van der Waals surface area contributed by atoms with Gasteiger partial charge in [-0.15, -0.1) is 0 Å². The van der Waals surface area contributed by atoms with Crippen molar-refractivity contribution in [1.29, 1.82) is 0 Å². The molecule has 8 heteroatoms. The molecule has 0 aliphatic carbocycles. The van der Waals surface area contributed by atoms with Crippen LogP contribution in [0.25, 0.3) is 22.6 Å². The van der Waals surface area contributed by atoms with Crippen molar-refractivity contribution in [3.05, 3.63) is 85.2 Å². The largest absolute Gasteiger partial charge is 0.423 e. The molecule has 0 fully saturated rings. The number of pyridine rings is 2. The molecule has 0 saturated carbocycles. The normalized spacial score (nSPS) is 10.7. The van der Waals surface area contributed by atoms with E-state index in [1.54, 1.807) is 37.2 Å². The second-order valence-electron chi connectivity index (χ2n) is 6.82. The van der Waals surface area contributed by atoms with Crippen molar-refractivity contribution in [3.63, 3.8) is 0 Å². The minimum Gasteiger partial charge on any atom is -0.423 e. The summed E-state index contributed by atoms with van der Waals surface area (Å²) in [5.41, 5.74) is 4.48. The van der Waals surface area contributed by atoms with Crippen LogP contribution >= 0.6 is 0 Å². The Labute approximate surface area is 178 Å². The minimum atomic E-state index is 0.393. The van der Waals surface area contributed by atoms with Crippen molar-refractivity contribution in [2.45, 2.75) is 6.92 Å². The van der Waals surface area contributed by atoms with Crippen LogP contribution in [0, 0.1) is 6.92 Å². The van der Waals surface area contributed by atoms with Gasteiger partial charge in [-0.1, -0.05) is 6.07 Å². The molecule has 31 heavy (non-hydrogen) atoms. The van der Waals surface area contributed by atoms with Crippen molar-refractivity contribution < 1.29 is 8.83 Å². The number of aryl methyl sites for hydroxylation is 1. The molecule has 0 aliphatic rings. The van der Waals surface area contributed by atoms with Gasteiger partial charge in [0.05, 0.1) is 12.4 Å². The molecular weight excluding hydrogens is 392 g/mol. The highest BCUT2D eigenvalue weighted by Gasteiger charge is 2.10. The predicted molar refractivity (Wildman–Crippen MR) is 117 cm³/mol. The lowest BCUT2D eigenvalue weighted by Crippen LogP contribution is -1.96. The van der Waals surface area contributed by atoms with E-state index in [4.69, 9.17) is 8.83 Å². The van der Waals surface area contributed by atoms with Gasteiger partial charge in [0.2, 0.25) is 0 Å². The Morgan fingerprint density at radius 2 is 1.45 bits per heavy atom. The Kier molecular flexibility index (Phi) is 4.86. The molecule has 0 unspecified atom stereocenters. The molecule has 0 atom stereocenters. The second kappa shape index (κ2) is 8.11. The molecule has 0 aliphatic heterocycles. The first kappa shape index (κ1) is 18.6. The molecule has 2 N–H and O–H groups in total. The van der Waals surface area contributed by atoms with E-state index in [2.05, 4.69) is 30.6 Å². The van der Waals surface area contributed by atoms with E-state index in [9.17, 15) is 0 Å². The highest BCUT2D eigenvalue weighted by atomic mass is 16.4. The summed E-state index contributed by atoms with van der Waals surface area (Å²) in [4.78, 5) is 16.7. The van der Waals surface area contributed by atoms with Crippen LogP contribution in [0.15, 0.2) is 88.5 Å². The maximum atomic E-state index is 5.83. The summed E-state index contributed by atoms with van der Waals surface area (Å²) < 4.78 is 11.6. The maximum Gasteiger partial charge on any atom is 0.299 e. The van der Waals surface area contributed by atoms with Gasteiger partial charge in [0.25, 0.3) is 12.0 Å². The van der Waals surface area contributed by atoms with Gasteiger partial charge < -0.3 is 19.5 Å².